The summed E-state index contributed by atoms with van der Waals surface area (Å²) in [4.78, 5) is 25.1. The quantitative estimate of drug-likeness (QED) is 0.278. The number of carbonyl (C=O) groups excluding carboxylic acids is 1. The molecule has 6 nitrogen and oxygen atoms in total. The van der Waals surface area contributed by atoms with E-state index in [9.17, 15) is 9.18 Å². The number of aryl methyl sites for hydroxylation is 1. The molecule has 5 rings (SSSR count). The number of nitrogens with zero attached hydrogens (tertiary/aromatic N) is 3. The topological polar surface area (TPSA) is 67.3 Å². The standard InChI is InChI=1S/C29H30ClFN4O2S/c1-17-4-10-22(31)27-25(17)26(30)28(38-27)29(36)35(21-8-6-20(32-2)7-9-21)16-19-14-18(5-11-24(19)37-3)23-15-33-12-13-34-23/h4-5,10-15,20-21,32H,6-9,16H2,1-3H3. The average Bonchev–Trinajstić information content (AvgIpc) is 3.32. The number of rotatable bonds is 7. The minimum Gasteiger partial charge on any atom is -0.496 e. The number of hydrogen-bond donors (Lipinski definition) is 1. The Morgan fingerprint density at radius 3 is 2.66 bits per heavy atom. The number of halogens is 2. The van der Waals surface area contributed by atoms with E-state index >= 15 is 0 Å². The highest BCUT2D eigenvalue weighted by atomic mass is 35.5. The number of thiophene rings is 1. The molecular formula is C29H30ClFN4O2S. The average molecular weight is 553 g/mol. The van der Waals surface area contributed by atoms with E-state index in [1.54, 1.807) is 31.8 Å². The summed E-state index contributed by atoms with van der Waals surface area (Å²) >= 11 is 7.90. The maximum absolute atomic E-state index is 14.7. The number of methoxy groups -OCH3 is 1. The van der Waals surface area contributed by atoms with Gasteiger partial charge in [0.1, 0.15) is 16.4 Å². The molecule has 2 heterocycles. The molecule has 0 unspecified atom stereocenters. The lowest BCUT2D eigenvalue weighted by atomic mass is 9.89. The second-order valence-electron chi connectivity index (χ2n) is 9.66. The highest BCUT2D eigenvalue weighted by Gasteiger charge is 2.32. The zero-order chi connectivity index (χ0) is 26.8. The first-order valence-electron chi connectivity index (χ1n) is 12.7. The van der Waals surface area contributed by atoms with Crippen molar-refractivity contribution in [3.63, 3.8) is 0 Å². The van der Waals surface area contributed by atoms with Crippen LogP contribution < -0.4 is 10.1 Å². The lowest BCUT2D eigenvalue weighted by Gasteiger charge is -2.37. The van der Waals surface area contributed by atoms with E-state index in [1.165, 1.54) is 6.07 Å². The molecule has 4 aromatic rings. The maximum atomic E-state index is 14.7. The first-order valence-corrected chi connectivity index (χ1v) is 13.9. The third-order valence-electron chi connectivity index (χ3n) is 7.42. The SMILES string of the molecule is CNC1CCC(N(Cc2cc(-c3cnccn3)ccc2OC)C(=O)c2sc3c(F)ccc(C)c3c2Cl)CC1. The molecule has 9 heteroatoms. The zero-order valence-electron chi connectivity index (χ0n) is 21.6. The minimum absolute atomic E-state index is 0.0178. The molecule has 198 valence electrons. The van der Waals surface area contributed by atoms with E-state index in [0.29, 0.717) is 38.3 Å². The van der Waals surface area contributed by atoms with Gasteiger partial charge in [0, 0.05) is 47.5 Å². The Kier molecular flexibility index (Phi) is 7.93. The van der Waals surface area contributed by atoms with Gasteiger partial charge in [-0.05, 0) is 69.5 Å². The fourth-order valence-corrected chi connectivity index (χ4v) is 6.92. The molecule has 2 aromatic heterocycles. The van der Waals surface area contributed by atoms with Crippen molar-refractivity contribution in [2.24, 2.45) is 0 Å². The number of fused-ring (bicyclic) bond motifs is 1. The summed E-state index contributed by atoms with van der Waals surface area (Å²) in [6.07, 6.45) is 8.65. The van der Waals surface area contributed by atoms with Crippen molar-refractivity contribution in [2.75, 3.05) is 14.2 Å². The van der Waals surface area contributed by atoms with Gasteiger partial charge in [-0.15, -0.1) is 11.3 Å². The number of amides is 1. The Labute approximate surface area is 230 Å². The van der Waals surface area contributed by atoms with Crippen molar-refractivity contribution >= 4 is 38.9 Å². The monoisotopic (exact) mass is 552 g/mol. The number of carbonyl (C=O) groups is 1. The van der Waals surface area contributed by atoms with Crippen LogP contribution in [0, 0.1) is 12.7 Å². The van der Waals surface area contributed by atoms with Crippen LogP contribution in [0.25, 0.3) is 21.3 Å². The molecule has 1 fully saturated rings. The summed E-state index contributed by atoms with van der Waals surface area (Å²) in [7, 11) is 3.60. The smallest absolute Gasteiger partial charge is 0.266 e. The Morgan fingerprint density at radius 2 is 2.00 bits per heavy atom. The van der Waals surface area contributed by atoms with Crippen molar-refractivity contribution < 1.29 is 13.9 Å². The minimum atomic E-state index is -0.365. The first kappa shape index (κ1) is 26.5. The molecule has 1 saturated carbocycles. The van der Waals surface area contributed by atoms with Crippen LogP contribution in [0.5, 0.6) is 5.75 Å². The van der Waals surface area contributed by atoms with Crippen LogP contribution in [0.3, 0.4) is 0 Å². The molecule has 0 radical (unpaired) electrons. The van der Waals surface area contributed by atoms with Crippen molar-refractivity contribution in [1.29, 1.82) is 0 Å². The van der Waals surface area contributed by atoms with Crippen molar-refractivity contribution in [3.8, 4) is 17.0 Å². The Morgan fingerprint density at radius 1 is 1.21 bits per heavy atom. The summed E-state index contributed by atoms with van der Waals surface area (Å²) < 4.78 is 20.8. The van der Waals surface area contributed by atoms with Gasteiger partial charge in [0.15, 0.2) is 0 Å². The molecule has 2 aromatic carbocycles. The molecular weight excluding hydrogens is 523 g/mol. The van der Waals surface area contributed by atoms with E-state index in [2.05, 4.69) is 15.3 Å². The maximum Gasteiger partial charge on any atom is 0.266 e. The fourth-order valence-electron chi connectivity index (χ4n) is 5.29. The van der Waals surface area contributed by atoms with Crippen LogP contribution in [0.1, 0.15) is 46.5 Å². The molecule has 0 saturated heterocycles. The van der Waals surface area contributed by atoms with Gasteiger partial charge in [0.25, 0.3) is 5.91 Å². The highest BCUT2D eigenvalue weighted by Crippen LogP contribution is 2.41. The van der Waals surface area contributed by atoms with Gasteiger partial charge in [-0.2, -0.15) is 0 Å². The predicted octanol–water partition coefficient (Wildman–Crippen LogP) is 6.64. The van der Waals surface area contributed by atoms with Gasteiger partial charge in [-0.1, -0.05) is 17.7 Å². The van der Waals surface area contributed by atoms with E-state index < -0.39 is 0 Å². The first-order chi connectivity index (χ1) is 18.4. The number of benzene rings is 2. The second-order valence-corrected chi connectivity index (χ2v) is 11.1. The lowest BCUT2D eigenvalue weighted by molar-refractivity contribution is 0.0604. The molecule has 0 atom stereocenters. The summed E-state index contributed by atoms with van der Waals surface area (Å²) in [5, 5.41) is 4.29. The molecule has 0 spiro atoms. The number of hydrogen-bond acceptors (Lipinski definition) is 6. The third kappa shape index (κ3) is 5.13. The summed E-state index contributed by atoms with van der Waals surface area (Å²) in [6.45, 7) is 2.21. The van der Waals surface area contributed by atoms with E-state index in [0.717, 1.165) is 59.4 Å². The second kappa shape index (κ2) is 11.4. The summed E-state index contributed by atoms with van der Waals surface area (Å²) in [5.74, 6) is 0.134. The Balaban J connectivity index is 1.56. The number of aromatic nitrogens is 2. The number of ether oxygens (including phenoxy) is 1. The molecule has 1 aliphatic rings. The van der Waals surface area contributed by atoms with Crippen molar-refractivity contribution in [2.45, 2.75) is 51.2 Å². The summed E-state index contributed by atoms with van der Waals surface area (Å²) in [6, 6.07) is 9.41. The van der Waals surface area contributed by atoms with Crippen LogP contribution in [0.4, 0.5) is 4.39 Å². The Hall–Kier alpha value is -3.07. The van der Waals surface area contributed by atoms with E-state index in [-0.39, 0.29) is 17.8 Å². The third-order valence-corrected chi connectivity index (χ3v) is 9.10. The molecule has 0 aliphatic heterocycles. The predicted molar refractivity (Wildman–Crippen MR) is 151 cm³/mol. The molecule has 0 bridgehead atoms. The van der Waals surface area contributed by atoms with Crippen molar-refractivity contribution in [3.05, 3.63) is 75.8 Å². The summed E-state index contributed by atoms with van der Waals surface area (Å²) in [5.41, 5.74) is 3.33. The normalized spacial score (nSPS) is 17.5. The zero-order valence-corrected chi connectivity index (χ0v) is 23.2. The van der Waals surface area contributed by atoms with Crippen LogP contribution in [-0.2, 0) is 6.54 Å². The van der Waals surface area contributed by atoms with Gasteiger partial charge in [-0.3, -0.25) is 14.8 Å². The fraction of sp³-hybridized carbons (Fsp3) is 0.345. The van der Waals surface area contributed by atoms with Crippen molar-refractivity contribution in [1.82, 2.24) is 20.2 Å². The van der Waals surface area contributed by atoms with E-state index in [1.807, 2.05) is 37.1 Å². The molecule has 1 amide bonds. The molecule has 38 heavy (non-hydrogen) atoms. The van der Waals surface area contributed by atoms with Gasteiger partial charge >= 0.3 is 0 Å². The van der Waals surface area contributed by atoms with Crippen LogP contribution >= 0.6 is 22.9 Å². The highest BCUT2D eigenvalue weighted by molar-refractivity contribution is 7.21. The van der Waals surface area contributed by atoms with E-state index in [4.69, 9.17) is 16.3 Å². The lowest BCUT2D eigenvalue weighted by Crippen LogP contribution is -2.44. The van der Waals surface area contributed by atoms with Gasteiger partial charge in [0.05, 0.1) is 28.7 Å². The van der Waals surface area contributed by atoms with Crippen LogP contribution in [0.15, 0.2) is 48.9 Å². The number of nitrogens with one attached hydrogen (secondary N) is 1. The van der Waals surface area contributed by atoms with Crippen LogP contribution in [-0.4, -0.2) is 47.0 Å². The van der Waals surface area contributed by atoms with Gasteiger partial charge < -0.3 is 15.0 Å². The largest absolute Gasteiger partial charge is 0.496 e. The van der Waals surface area contributed by atoms with Crippen LogP contribution in [0.2, 0.25) is 5.02 Å². The molecule has 1 N–H and O–H groups in total. The Bertz CT molecular complexity index is 1450. The van der Waals surface area contributed by atoms with Gasteiger partial charge in [0.2, 0.25) is 0 Å². The van der Waals surface area contributed by atoms with Gasteiger partial charge in [-0.25, -0.2) is 4.39 Å². The molecule has 1 aliphatic carbocycles.